The van der Waals surface area contributed by atoms with Gasteiger partial charge < -0.3 is 10.6 Å². The lowest BCUT2D eigenvalue weighted by molar-refractivity contribution is -0.136. The van der Waals surface area contributed by atoms with Crippen LogP contribution in [-0.4, -0.2) is 47.3 Å². The van der Waals surface area contributed by atoms with E-state index in [0.29, 0.717) is 31.2 Å². The summed E-state index contributed by atoms with van der Waals surface area (Å²) in [7, 11) is 0. The molecule has 1 aliphatic carbocycles. The molecule has 0 aromatic heterocycles. The van der Waals surface area contributed by atoms with E-state index in [4.69, 9.17) is 5.73 Å². The molecule has 5 nitrogen and oxygen atoms in total. The summed E-state index contributed by atoms with van der Waals surface area (Å²) in [6, 6.07) is 7.05. The van der Waals surface area contributed by atoms with Crippen molar-refractivity contribution < 1.29 is 14.0 Å². The summed E-state index contributed by atoms with van der Waals surface area (Å²) in [6.07, 6.45) is 3.65. The second-order valence-electron chi connectivity index (χ2n) is 6.81. The highest BCUT2D eigenvalue weighted by Crippen LogP contribution is 2.29. The van der Waals surface area contributed by atoms with Gasteiger partial charge in [-0.3, -0.25) is 14.5 Å². The van der Waals surface area contributed by atoms with Crippen molar-refractivity contribution in [2.45, 2.75) is 38.3 Å². The zero-order chi connectivity index (χ0) is 17.1. The molecular weight excluding hydrogens is 309 g/mol. The van der Waals surface area contributed by atoms with Crippen molar-refractivity contribution in [2.75, 3.05) is 19.6 Å². The van der Waals surface area contributed by atoms with Crippen LogP contribution < -0.4 is 5.73 Å². The molecule has 1 aromatic rings. The fraction of sp³-hybridized carbons (Fsp3) is 0.556. The van der Waals surface area contributed by atoms with Crippen LogP contribution >= 0.6 is 0 Å². The van der Waals surface area contributed by atoms with Crippen molar-refractivity contribution >= 4 is 11.8 Å². The Morgan fingerprint density at radius 3 is 2.67 bits per heavy atom. The van der Waals surface area contributed by atoms with Gasteiger partial charge in [-0.2, -0.15) is 0 Å². The van der Waals surface area contributed by atoms with E-state index in [1.54, 1.807) is 17.0 Å². The number of benzene rings is 1. The maximum Gasteiger partial charge on any atom is 0.236 e. The first-order valence-corrected chi connectivity index (χ1v) is 8.59. The molecule has 2 amide bonds. The van der Waals surface area contributed by atoms with Crippen molar-refractivity contribution in [2.24, 2.45) is 11.7 Å². The lowest BCUT2D eigenvalue weighted by atomic mass is 9.97. The molecule has 1 saturated heterocycles. The van der Waals surface area contributed by atoms with Gasteiger partial charge in [-0.15, -0.1) is 0 Å². The van der Waals surface area contributed by atoms with Crippen LogP contribution in [0.2, 0.25) is 0 Å². The van der Waals surface area contributed by atoms with Gasteiger partial charge in [-0.1, -0.05) is 18.2 Å². The number of hydrogen-bond acceptors (Lipinski definition) is 3. The minimum Gasteiger partial charge on any atom is -0.369 e. The number of carbonyl (C=O) groups excluding carboxylic acids is 2. The Kier molecular flexibility index (Phi) is 5.14. The zero-order valence-electron chi connectivity index (χ0n) is 13.8. The molecule has 0 bridgehead atoms. The first-order chi connectivity index (χ1) is 11.5. The number of piperidine rings is 1. The predicted molar refractivity (Wildman–Crippen MR) is 88.3 cm³/mol. The molecule has 1 unspecified atom stereocenters. The molecule has 2 fully saturated rings. The summed E-state index contributed by atoms with van der Waals surface area (Å²) in [5.41, 5.74) is 6.00. The monoisotopic (exact) mass is 333 g/mol. The predicted octanol–water partition coefficient (Wildman–Crippen LogP) is 1.51. The first-order valence-electron chi connectivity index (χ1n) is 8.59. The summed E-state index contributed by atoms with van der Waals surface area (Å²) < 4.78 is 13.9. The molecule has 130 valence electrons. The van der Waals surface area contributed by atoms with E-state index >= 15 is 0 Å². The fourth-order valence-corrected chi connectivity index (χ4v) is 3.31. The van der Waals surface area contributed by atoms with Crippen LogP contribution in [-0.2, 0) is 16.1 Å². The number of carbonyl (C=O) groups is 2. The molecule has 1 aliphatic heterocycles. The summed E-state index contributed by atoms with van der Waals surface area (Å²) in [6.45, 7) is 1.79. The lowest BCUT2D eigenvalue weighted by Gasteiger charge is -2.33. The number of nitrogens with zero attached hydrogens (tertiary/aromatic N) is 2. The standard InChI is InChI=1S/C18H24FN3O2/c19-16-6-2-1-4-13(16)10-22(15-7-8-15)12-17(23)21-9-3-5-14(11-21)18(20)24/h1-2,4,6,14-15H,3,5,7-12H2,(H2,20,24). The van der Waals surface area contributed by atoms with Gasteiger partial charge >= 0.3 is 0 Å². The number of primary amides is 1. The Morgan fingerprint density at radius 1 is 1.25 bits per heavy atom. The smallest absolute Gasteiger partial charge is 0.236 e. The Bertz CT molecular complexity index is 618. The molecular formula is C18H24FN3O2. The number of amides is 2. The van der Waals surface area contributed by atoms with E-state index in [1.165, 1.54) is 6.07 Å². The fourth-order valence-electron chi connectivity index (χ4n) is 3.31. The van der Waals surface area contributed by atoms with Gasteiger partial charge in [0.05, 0.1) is 12.5 Å². The van der Waals surface area contributed by atoms with Gasteiger partial charge in [0, 0.05) is 31.2 Å². The van der Waals surface area contributed by atoms with E-state index in [0.717, 1.165) is 25.7 Å². The summed E-state index contributed by atoms with van der Waals surface area (Å²) in [5.74, 6) is -0.812. The van der Waals surface area contributed by atoms with Crippen LogP contribution in [0.3, 0.4) is 0 Å². The van der Waals surface area contributed by atoms with E-state index in [9.17, 15) is 14.0 Å². The van der Waals surface area contributed by atoms with Crippen LogP contribution in [0.4, 0.5) is 4.39 Å². The van der Waals surface area contributed by atoms with Crippen molar-refractivity contribution in [3.8, 4) is 0 Å². The highest BCUT2D eigenvalue weighted by molar-refractivity contribution is 5.81. The first kappa shape index (κ1) is 16.9. The van der Waals surface area contributed by atoms with E-state index in [-0.39, 0.29) is 30.1 Å². The van der Waals surface area contributed by atoms with Gasteiger partial charge in [0.1, 0.15) is 5.82 Å². The maximum atomic E-state index is 13.9. The third-order valence-corrected chi connectivity index (χ3v) is 4.91. The highest BCUT2D eigenvalue weighted by atomic mass is 19.1. The number of hydrogen-bond donors (Lipinski definition) is 1. The van der Waals surface area contributed by atoms with Crippen LogP contribution in [0.25, 0.3) is 0 Å². The molecule has 2 N–H and O–H groups in total. The van der Waals surface area contributed by atoms with Crippen molar-refractivity contribution in [3.63, 3.8) is 0 Å². The van der Waals surface area contributed by atoms with Gasteiger partial charge in [0.2, 0.25) is 11.8 Å². The van der Waals surface area contributed by atoms with Crippen molar-refractivity contribution in [1.29, 1.82) is 0 Å². The van der Waals surface area contributed by atoms with Gasteiger partial charge in [-0.25, -0.2) is 4.39 Å². The topological polar surface area (TPSA) is 66.6 Å². The SMILES string of the molecule is NC(=O)C1CCCN(C(=O)CN(Cc2ccccc2F)C2CC2)C1. The minimum atomic E-state index is -0.335. The molecule has 1 aromatic carbocycles. The van der Waals surface area contributed by atoms with Crippen LogP contribution in [0.1, 0.15) is 31.2 Å². The number of halogens is 1. The third kappa shape index (κ3) is 4.12. The van der Waals surface area contributed by atoms with Crippen LogP contribution in [0.15, 0.2) is 24.3 Å². The average Bonchev–Trinajstić information content (AvgIpc) is 3.41. The minimum absolute atomic E-state index is 0.00388. The Labute approximate surface area is 141 Å². The second kappa shape index (κ2) is 7.30. The molecule has 1 heterocycles. The van der Waals surface area contributed by atoms with Crippen molar-refractivity contribution in [3.05, 3.63) is 35.6 Å². The lowest BCUT2D eigenvalue weighted by Crippen LogP contribution is -2.47. The molecule has 0 spiro atoms. The second-order valence-corrected chi connectivity index (χ2v) is 6.81. The van der Waals surface area contributed by atoms with Crippen molar-refractivity contribution in [1.82, 2.24) is 9.80 Å². The summed E-state index contributed by atoms with van der Waals surface area (Å²) >= 11 is 0. The van der Waals surface area contributed by atoms with Gasteiger partial charge in [0.25, 0.3) is 0 Å². The Balaban J connectivity index is 1.62. The number of nitrogens with two attached hydrogens (primary N) is 1. The van der Waals surface area contributed by atoms with Crippen LogP contribution in [0.5, 0.6) is 0 Å². The molecule has 3 rings (SSSR count). The molecule has 2 aliphatic rings. The van der Waals surface area contributed by atoms with E-state index in [2.05, 4.69) is 4.90 Å². The maximum absolute atomic E-state index is 13.9. The number of likely N-dealkylation sites (tertiary alicyclic amines) is 1. The zero-order valence-corrected chi connectivity index (χ0v) is 13.8. The average molecular weight is 333 g/mol. The molecule has 0 radical (unpaired) electrons. The highest BCUT2D eigenvalue weighted by Gasteiger charge is 2.33. The van der Waals surface area contributed by atoms with Crippen LogP contribution in [0, 0.1) is 11.7 Å². The van der Waals surface area contributed by atoms with E-state index in [1.807, 2.05) is 6.07 Å². The van der Waals surface area contributed by atoms with Gasteiger partial charge in [-0.05, 0) is 31.7 Å². The molecule has 1 saturated carbocycles. The van der Waals surface area contributed by atoms with E-state index < -0.39 is 0 Å². The summed E-state index contributed by atoms with van der Waals surface area (Å²) in [5, 5.41) is 0. The molecule has 6 heteroatoms. The molecule has 24 heavy (non-hydrogen) atoms. The third-order valence-electron chi connectivity index (χ3n) is 4.91. The largest absolute Gasteiger partial charge is 0.369 e. The number of rotatable bonds is 6. The quantitative estimate of drug-likeness (QED) is 0.858. The Hall–Kier alpha value is -1.95. The molecule has 1 atom stereocenters. The normalized spacial score (nSPS) is 21.1. The Morgan fingerprint density at radius 2 is 2.00 bits per heavy atom. The summed E-state index contributed by atoms with van der Waals surface area (Å²) in [4.78, 5) is 27.8. The van der Waals surface area contributed by atoms with Gasteiger partial charge in [0.15, 0.2) is 0 Å².